The Morgan fingerprint density at radius 2 is 1.70 bits per heavy atom. The Bertz CT molecular complexity index is 558. The Morgan fingerprint density at radius 3 is 2.20 bits per heavy atom. The van der Waals surface area contributed by atoms with Gasteiger partial charge in [-0.3, -0.25) is 19.3 Å². The molecule has 20 heavy (non-hydrogen) atoms. The van der Waals surface area contributed by atoms with Gasteiger partial charge >= 0.3 is 0 Å². The van der Waals surface area contributed by atoms with Crippen LogP contribution in [-0.4, -0.2) is 58.9 Å². The third-order valence-corrected chi connectivity index (χ3v) is 3.74. The molecule has 104 valence electrons. The van der Waals surface area contributed by atoms with E-state index < -0.39 is 11.8 Å². The van der Waals surface area contributed by atoms with Gasteiger partial charge in [0.25, 0.3) is 11.8 Å². The fraction of sp³-hybridized carbons (Fsp3) is 0.357. The summed E-state index contributed by atoms with van der Waals surface area (Å²) in [5.74, 6) is -0.985. The highest BCUT2D eigenvalue weighted by atomic mass is 16.3. The third-order valence-electron chi connectivity index (χ3n) is 3.74. The van der Waals surface area contributed by atoms with E-state index in [1.165, 1.54) is 0 Å². The lowest BCUT2D eigenvalue weighted by Crippen LogP contribution is -2.54. The number of aliphatic hydroxyl groups is 1. The molecular formula is C14H14N2O4. The molecule has 0 saturated carbocycles. The van der Waals surface area contributed by atoms with Crippen molar-refractivity contribution in [1.82, 2.24) is 9.80 Å². The van der Waals surface area contributed by atoms with Crippen LogP contribution in [0, 0.1) is 5.92 Å². The number of aliphatic hydroxyl groups excluding tert-OH is 1. The lowest BCUT2D eigenvalue weighted by molar-refractivity contribution is -0.138. The first-order valence-corrected chi connectivity index (χ1v) is 6.45. The number of hydrogen-bond acceptors (Lipinski definition) is 4. The second-order valence-corrected chi connectivity index (χ2v) is 5.09. The summed E-state index contributed by atoms with van der Waals surface area (Å²) in [6, 6.07) is 6.56. The summed E-state index contributed by atoms with van der Waals surface area (Å²) in [7, 11) is 0. The molecule has 0 spiro atoms. The van der Waals surface area contributed by atoms with E-state index in [2.05, 4.69) is 0 Å². The van der Waals surface area contributed by atoms with Crippen LogP contribution in [0.1, 0.15) is 20.7 Å². The van der Waals surface area contributed by atoms with Crippen LogP contribution in [0.3, 0.4) is 0 Å². The zero-order valence-electron chi connectivity index (χ0n) is 10.8. The Kier molecular flexibility index (Phi) is 3.02. The van der Waals surface area contributed by atoms with E-state index in [0.29, 0.717) is 24.2 Å². The molecule has 0 radical (unpaired) electrons. The lowest BCUT2D eigenvalue weighted by Gasteiger charge is -2.38. The van der Waals surface area contributed by atoms with Crippen LogP contribution in [0.4, 0.5) is 0 Å². The van der Waals surface area contributed by atoms with Crippen molar-refractivity contribution in [2.45, 2.75) is 0 Å². The fourth-order valence-electron chi connectivity index (χ4n) is 2.51. The molecule has 3 amide bonds. The van der Waals surface area contributed by atoms with Crippen LogP contribution in [0.25, 0.3) is 0 Å². The van der Waals surface area contributed by atoms with Crippen molar-refractivity contribution >= 4 is 17.7 Å². The van der Waals surface area contributed by atoms with Crippen molar-refractivity contribution in [1.29, 1.82) is 0 Å². The van der Waals surface area contributed by atoms with Crippen molar-refractivity contribution in [3.8, 4) is 0 Å². The Balaban J connectivity index is 1.69. The maximum absolute atomic E-state index is 12.1. The number of carbonyl (C=O) groups excluding carboxylic acids is 3. The highest BCUT2D eigenvalue weighted by Crippen LogP contribution is 2.23. The number of likely N-dealkylation sites (tertiary alicyclic amines) is 1. The van der Waals surface area contributed by atoms with Crippen molar-refractivity contribution < 1.29 is 19.5 Å². The molecule has 0 aromatic heterocycles. The SMILES string of the molecule is O=C(CN1C(=O)c2ccccc2C1=O)N1CC(CO)C1. The van der Waals surface area contributed by atoms with Gasteiger partial charge in [-0.15, -0.1) is 0 Å². The molecular weight excluding hydrogens is 260 g/mol. The monoisotopic (exact) mass is 274 g/mol. The quantitative estimate of drug-likeness (QED) is 0.770. The Morgan fingerprint density at radius 1 is 1.15 bits per heavy atom. The Labute approximate surface area is 115 Å². The van der Waals surface area contributed by atoms with Crippen LogP contribution in [0.15, 0.2) is 24.3 Å². The van der Waals surface area contributed by atoms with Gasteiger partial charge in [0, 0.05) is 25.6 Å². The number of nitrogens with zero attached hydrogens (tertiary/aromatic N) is 2. The topological polar surface area (TPSA) is 77.9 Å². The average Bonchev–Trinajstić information content (AvgIpc) is 2.64. The predicted molar refractivity (Wildman–Crippen MR) is 69.0 cm³/mol. The minimum absolute atomic E-state index is 0.0524. The van der Waals surface area contributed by atoms with Gasteiger partial charge in [-0.05, 0) is 12.1 Å². The summed E-state index contributed by atoms with van der Waals surface area (Å²) < 4.78 is 0. The standard InChI is InChI=1S/C14H14N2O4/c17-8-9-5-15(6-9)12(18)7-16-13(19)10-3-1-2-4-11(10)14(16)20/h1-4,9,17H,5-8H2. The van der Waals surface area contributed by atoms with E-state index >= 15 is 0 Å². The summed E-state index contributed by atoms with van der Waals surface area (Å²) in [5.41, 5.74) is 0.698. The number of imide groups is 1. The molecule has 0 atom stereocenters. The van der Waals surface area contributed by atoms with Gasteiger partial charge in [-0.25, -0.2) is 0 Å². The van der Waals surface area contributed by atoms with E-state index in [4.69, 9.17) is 5.11 Å². The van der Waals surface area contributed by atoms with E-state index in [0.717, 1.165) is 4.90 Å². The molecule has 1 saturated heterocycles. The molecule has 2 aliphatic rings. The average molecular weight is 274 g/mol. The van der Waals surface area contributed by atoms with Gasteiger partial charge in [0.1, 0.15) is 6.54 Å². The van der Waals surface area contributed by atoms with E-state index in [1.54, 1.807) is 29.2 Å². The number of amides is 3. The largest absolute Gasteiger partial charge is 0.396 e. The molecule has 0 bridgehead atoms. The molecule has 0 aliphatic carbocycles. The van der Waals surface area contributed by atoms with Crippen molar-refractivity contribution in [2.75, 3.05) is 26.2 Å². The molecule has 1 aromatic rings. The van der Waals surface area contributed by atoms with Crippen molar-refractivity contribution in [3.05, 3.63) is 35.4 Å². The lowest BCUT2D eigenvalue weighted by atomic mass is 10.0. The van der Waals surface area contributed by atoms with Gasteiger partial charge in [0.05, 0.1) is 11.1 Å². The van der Waals surface area contributed by atoms with E-state index in [-0.39, 0.29) is 25.0 Å². The van der Waals surface area contributed by atoms with Crippen molar-refractivity contribution in [3.63, 3.8) is 0 Å². The van der Waals surface area contributed by atoms with Crippen LogP contribution < -0.4 is 0 Å². The number of hydrogen-bond donors (Lipinski definition) is 1. The van der Waals surface area contributed by atoms with Crippen LogP contribution in [-0.2, 0) is 4.79 Å². The summed E-state index contributed by atoms with van der Waals surface area (Å²) in [6.07, 6.45) is 0. The third kappa shape index (κ3) is 1.89. The van der Waals surface area contributed by atoms with Gasteiger partial charge in [0.15, 0.2) is 0 Å². The van der Waals surface area contributed by atoms with Gasteiger partial charge in [-0.2, -0.15) is 0 Å². The molecule has 6 heteroatoms. The molecule has 2 heterocycles. The summed E-state index contributed by atoms with van der Waals surface area (Å²) in [4.78, 5) is 38.7. The van der Waals surface area contributed by atoms with Crippen LogP contribution >= 0.6 is 0 Å². The summed E-state index contributed by atoms with van der Waals surface area (Å²) >= 11 is 0. The predicted octanol–water partition coefficient (Wildman–Crippen LogP) is -0.267. The first kappa shape index (κ1) is 12.8. The number of benzene rings is 1. The molecule has 0 unspecified atom stereocenters. The summed E-state index contributed by atoms with van der Waals surface area (Å²) in [5, 5.41) is 8.92. The Hall–Kier alpha value is -2.21. The van der Waals surface area contributed by atoms with Gasteiger partial charge < -0.3 is 10.0 Å². The molecule has 2 aliphatic heterocycles. The van der Waals surface area contributed by atoms with Crippen LogP contribution in [0.5, 0.6) is 0 Å². The minimum Gasteiger partial charge on any atom is -0.396 e. The van der Waals surface area contributed by atoms with Crippen molar-refractivity contribution in [2.24, 2.45) is 5.92 Å². The van der Waals surface area contributed by atoms with Gasteiger partial charge in [-0.1, -0.05) is 12.1 Å². The molecule has 3 rings (SSSR count). The second-order valence-electron chi connectivity index (χ2n) is 5.09. The molecule has 1 N–H and O–H groups in total. The second kappa shape index (κ2) is 4.72. The number of carbonyl (C=O) groups is 3. The van der Waals surface area contributed by atoms with E-state index in [1.807, 2.05) is 0 Å². The maximum atomic E-state index is 12.1. The first-order chi connectivity index (χ1) is 9.61. The fourth-order valence-corrected chi connectivity index (χ4v) is 2.51. The number of rotatable bonds is 3. The van der Waals surface area contributed by atoms with Gasteiger partial charge in [0.2, 0.25) is 5.91 Å². The van der Waals surface area contributed by atoms with E-state index in [9.17, 15) is 14.4 Å². The maximum Gasteiger partial charge on any atom is 0.262 e. The molecule has 1 fully saturated rings. The minimum atomic E-state index is -0.418. The summed E-state index contributed by atoms with van der Waals surface area (Å²) in [6.45, 7) is 0.790. The number of fused-ring (bicyclic) bond motifs is 1. The smallest absolute Gasteiger partial charge is 0.262 e. The molecule has 6 nitrogen and oxygen atoms in total. The molecule has 1 aromatic carbocycles. The normalized spacial score (nSPS) is 18.2. The first-order valence-electron chi connectivity index (χ1n) is 6.45. The highest BCUT2D eigenvalue weighted by molar-refractivity contribution is 6.22. The zero-order valence-corrected chi connectivity index (χ0v) is 10.8. The highest BCUT2D eigenvalue weighted by Gasteiger charge is 2.38. The zero-order chi connectivity index (χ0) is 14.3. The van der Waals surface area contributed by atoms with Crippen LogP contribution in [0.2, 0.25) is 0 Å².